The van der Waals surface area contributed by atoms with Gasteiger partial charge in [0.25, 0.3) is 0 Å². The molecule has 2 rings (SSSR count). The van der Waals surface area contributed by atoms with E-state index < -0.39 is 5.97 Å². The summed E-state index contributed by atoms with van der Waals surface area (Å²) >= 11 is 9.36. The van der Waals surface area contributed by atoms with Crippen LogP contribution in [0.15, 0.2) is 53.0 Å². The Labute approximate surface area is 147 Å². The highest BCUT2D eigenvalue weighted by atomic mass is 79.9. The minimum Gasteiger partial charge on any atom is -0.490 e. The van der Waals surface area contributed by atoms with Crippen molar-refractivity contribution >= 4 is 39.6 Å². The zero-order valence-corrected chi connectivity index (χ0v) is 14.4. The summed E-state index contributed by atoms with van der Waals surface area (Å²) in [7, 11) is 0. The first-order chi connectivity index (χ1) is 11.1. The fourth-order valence-corrected chi connectivity index (χ4v) is 2.79. The molecule has 0 unspecified atom stereocenters. The number of carboxylic acids is 1. The lowest BCUT2D eigenvalue weighted by Crippen LogP contribution is -2.10. The average Bonchev–Trinajstić information content (AvgIpc) is 2.52. The molecule has 0 aliphatic rings. The molecule has 0 fully saturated rings. The SMILES string of the molecule is O=C(O)C=Cc1cc(Cl)cc(Br)c1OCCOc1ccccc1. The second kappa shape index (κ2) is 8.60. The van der Waals surface area contributed by atoms with Crippen molar-refractivity contribution in [3.8, 4) is 11.5 Å². The third-order valence-corrected chi connectivity index (χ3v) is 3.59. The highest BCUT2D eigenvalue weighted by molar-refractivity contribution is 9.10. The maximum atomic E-state index is 10.7. The molecule has 0 spiro atoms. The lowest BCUT2D eigenvalue weighted by atomic mass is 10.2. The molecule has 0 aliphatic carbocycles. The number of hydrogen-bond acceptors (Lipinski definition) is 3. The van der Waals surface area contributed by atoms with Crippen LogP contribution in [-0.2, 0) is 4.79 Å². The van der Waals surface area contributed by atoms with Gasteiger partial charge in [0.2, 0.25) is 0 Å². The molecule has 23 heavy (non-hydrogen) atoms. The quantitative estimate of drug-likeness (QED) is 0.545. The minimum absolute atomic E-state index is 0.309. The number of carbonyl (C=O) groups is 1. The Morgan fingerprint density at radius 2 is 1.87 bits per heavy atom. The first-order valence-corrected chi connectivity index (χ1v) is 7.94. The lowest BCUT2D eigenvalue weighted by molar-refractivity contribution is -0.131. The highest BCUT2D eigenvalue weighted by Crippen LogP contribution is 2.33. The van der Waals surface area contributed by atoms with Gasteiger partial charge in [-0.3, -0.25) is 0 Å². The monoisotopic (exact) mass is 396 g/mol. The zero-order chi connectivity index (χ0) is 16.7. The fraction of sp³-hybridized carbons (Fsp3) is 0.118. The Kier molecular flexibility index (Phi) is 6.50. The molecular formula is C17H14BrClO4. The molecule has 0 radical (unpaired) electrons. The number of para-hydroxylation sites is 1. The van der Waals surface area contributed by atoms with Crippen LogP contribution in [-0.4, -0.2) is 24.3 Å². The van der Waals surface area contributed by atoms with Gasteiger partial charge < -0.3 is 14.6 Å². The summed E-state index contributed by atoms with van der Waals surface area (Å²) in [6.45, 7) is 0.671. The molecule has 6 heteroatoms. The van der Waals surface area contributed by atoms with Gasteiger partial charge in [-0.15, -0.1) is 0 Å². The summed E-state index contributed by atoms with van der Waals surface area (Å²) in [6, 6.07) is 12.7. The van der Waals surface area contributed by atoms with Crippen LogP contribution in [0.2, 0.25) is 5.02 Å². The Morgan fingerprint density at radius 1 is 1.17 bits per heavy atom. The fourth-order valence-electron chi connectivity index (χ4n) is 1.84. The molecule has 1 N–H and O–H groups in total. The van der Waals surface area contributed by atoms with Gasteiger partial charge in [0.1, 0.15) is 24.7 Å². The van der Waals surface area contributed by atoms with Crippen LogP contribution in [0.25, 0.3) is 6.08 Å². The highest BCUT2D eigenvalue weighted by Gasteiger charge is 2.09. The topological polar surface area (TPSA) is 55.8 Å². The van der Waals surface area contributed by atoms with Crippen molar-refractivity contribution in [2.45, 2.75) is 0 Å². The maximum absolute atomic E-state index is 10.7. The van der Waals surface area contributed by atoms with E-state index in [9.17, 15) is 4.79 Å². The van der Waals surface area contributed by atoms with E-state index in [1.54, 1.807) is 12.1 Å². The summed E-state index contributed by atoms with van der Waals surface area (Å²) in [5, 5.41) is 9.23. The van der Waals surface area contributed by atoms with Crippen molar-refractivity contribution in [2.24, 2.45) is 0 Å². The molecule has 0 atom stereocenters. The molecule has 120 valence electrons. The van der Waals surface area contributed by atoms with E-state index in [0.717, 1.165) is 11.8 Å². The van der Waals surface area contributed by atoms with Crippen molar-refractivity contribution < 1.29 is 19.4 Å². The number of hydrogen-bond donors (Lipinski definition) is 1. The average molecular weight is 398 g/mol. The predicted octanol–water partition coefficient (Wildman–Crippen LogP) is 4.66. The number of aliphatic carboxylic acids is 1. The maximum Gasteiger partial charge on any atom is 0.328 e. The summed E-state index contributed by atoms with van der Waals surface area (Å²) < 4.78 is 11.9. The van der Waals surface area contributed by atoms with Gasteiger partial charge in [-0.05, 0) is 46.3 Å². The number of ether oxygens (including phenoxy) is 2. The summed E-state index contributed by atoms with van der Waals surface area (Å²) in [5.74, 6) is 0.236. The van der Waals surface area contributed by atoms with E-state index in [4.69, 9.17) is 26.2 Å². The van der Waals surface area contributed by atoms with Gasteiger partial charge in [-0.2, -0.15) is 0 Å². The van der Waals surface area contributed by atoms with Crippen molar-refractivity contribution in [3.05, 3.63) is 63.6 Å². The molecular weight excluding hydrogens is 384 g/mol. The Hall–Kier alpha value is -1.98. The summed E-state index contributed by atoms with van der Waals surface area (Å²) in [4.78, 5) is 10.7. The normalized spacial score (nSPS) is 10.7. The molecule has 0 bridgehead atoms. The third kappa shape index (κ3) is 5.62. The van der Waals surface area contributed by atoms with E-state index in [0.29, 0.717) is 34.0 Å². The van der Waals surface area contributed by atoms with Crippen molar-refractivity contribution in [1.82, 2.24) is 0 Å². The van der Waals surface area contributed by atoms with Crippen molar-refractivity contribution in [3.63, 3.8) is 0 Å². The van der Waals surface area contributed by atoms with E-state index >= 15 is 0 Å². The second-order valence-corrected chi connectivity index (χ2v) is 5.78. The predicted molar refractivity (Wildman–Crippen MR) is 93.3 cm³/mol. The molecule has 0 saturated carbocycles. The Balaban J connectivity index is 2.02. The molecule has 0 amide bonds. The second-order valence-electron chi connectivity index (χ2n) is 4.49. The van der Waals surface area contributed by atoms with Gasteiger partial charge in [-0.1, -0.05) is 29.8 Å². The Bertz CT molecular complexity index is 701. The molecule has 2 aromatic carbocycles. The van der Waals surface area contributed by atoms with Crippen LogP contribution in [0.1, 0.15) is 5.56 Å². The van der Waals surface area contributed by atoms with Crippen LogP contribution in [0, 0.1) is 0 Å². The number of rotatable bonds is 7. The molecule has 4 nitrogen and oxygen atoms in total. The Morgan fingerprint density at radius 3 is 2.57 bits per heavy atom. The van der Waals surface area contributed by atoms with Gasteiger partial charge in [0, 0.05) is 16.7 Å². The standard InChI is InChI=1S/C17H14BrClO4/c18-15-11-13(19)10-12(6-7-16(20)21)17(15)23-9-8-22-14-4-2-1-3-5-14/h1-7,10-11H,8-9H2,(H,20,21). The van der Waals surface area contributed by atoms with Crippen LogP contribution in [0.4, 0.5) is 0 Å². The summed E-state index contributed by atoms with van der Waals surface area (Å²) in [5.41, 5.74) is 0.575. The zero-order valence-electron chi connectivity index (χ0n) is 12.0. The van der Waals surface area contributed by atoms with Gasteiger partial charge >= 0.3 is 5.97 Å². The van der Waals surface area contributed by atoms with Crippen molar-refractivity contribution in [1.29, 1.82) is 0 Å². The lowest BCUT2D eigenvalue weighted by Gasteiger charge is -2.12. The van der Waals surface area contributed by atoms with E-state index in [1.807, 2.05) is 30.3 Å². The smallest absolute Gasteiger partial charge is 0.328 e. The van der Waals surface area contributed by atoms with Gasteiger partial charge in [0.05, 0.1) is 4.47 Å². The number of halogens is 2. The van der Waals surface area contributed by atoms with E-state index in [-0.39, 0.29) is 0 Å². The minimum atomic E-state index is -1.04. The first-order valence-electron chi connectivity index (χ1n) is 6.77. The van der Waals surface area contributed by atoms with Gasteiger partial charge in [-0.25, -0.2) is 4.79 Å². The van der Waals surface area contributed by atoms with Crippen LogP contribution >= 0.6 is 27.5 Å². The molecule has 0 saturated heterocycles. The first kappa shape index (κ1) is 17.4. The third-order valence-electron chi connectivity index (χ3n) is 2.78. The number of carboxylic acid groups (broad SMARTS) is 1. The summed E-state index contributed by atoms with van der Waals surface area (Å²) in [6.07, 6.45) is 2.47. The molecule has 0 aliphatic heterocycles. The van der Waals surface area contributed by atoms with Gasteiger partial charge in [0.15, 0.2) is 0 Å². The van der Waals surface area contributed by atoms with Crippen LogP contribution in [0.3, 0.4) is 0 Å². The van der Waals surface area contributed by atoms with Crippen molar-refractivity contribution in [2.75, 3.05) is 13.2 Å². The molecule has 0 aromatic heterocycles. The largest absolute Gasteiger partial charge is 0.490 e. The van der Waals surface area contributed by atoms with E-state index in [1.165, 1.54) is 6.08 Å². The van der Waals surface area contributed by atoms with E-state index in [2.05, 4.69) is 15.9 Å². The molecule has 0 heterocycles. The molecule has 2 aromatic rings. The van der Waals surface area contributed by atoms with Crippen LogP contribution in [0.5, 0.6) is 11.5 Å². The number of benzene rings is 2. The van der Waals surface area contributed by atoms with Crippen LogP contribution < -0.4 is 9.47 Å².